The van der Waals surface area contributed by atoms with Crippen molar-refractivity contribution in [3.8, 4) is 0 Å². The number of carbonyl (C=O) groups excluding carboxylic acids is 2. The van der Waals surface area contributed by atoms with E-state index in [1.807, 2.05) is 12.1 Å². The lowest BCUT2D eigenvalue weighted by atomic mass is 10.2. The molecule has 6 nitrogen and oxygen atoms in total. The summed E-state index contributed by atoms with van der Waals surface area (Å²) in [6.45, 7) is 0.733. The van der Waals surface area contributed by atoms with Gasteiger partial charge in [0.15, 0.2) is 5.76 Å². The Morgan fingerprint density at radius 1 is 1.38 bits per heavy atom. The number of likely N-dealkylation sites (N-methyl/N-ethyl adjacent to an activating group) is 1. The molecule has 2 amide bonds. The highest BCUT2D eigenvalue weighted by atomic mass is 35.5. The first-order valence-electron chi connectivity index (χ1n) is 7.64. The lowest BCUT2D eigenvalue weighted by Gasteiger charge is -2.23. The average molecular weight is 348 g/mol. The van der Waals surface area contributed by atoms with Crippen LogP contribution in [-0.4, -0.2) is 36.3 Å². The third-order valence-electron chi connectivity index (χ3n) is 4.18. The first-order valence-corrected chi connectivity index (χ1v) is 8.02. The van der Waals surface area contributed by atoms with Crippen LogP contribution in [0.4, 0.5) is 5.69 Å². The summed E-state index contributed by atoms with van der Waals surface area (Å²) in [6, 6.07) is 9.87. The van der Waals surface area contributed by atoms with E-state index in [0.29, 0.717) is 29.4 Å². The molecule has 2 aromatic rings. The van der Waals surface area contributed by atoms with Crippen LogP contribution in [-0.2, 0) is 11.3 Å². The van der Waals surface area contributed by atoms with Gasteiger partial charge in [0.25, 0.3) is 5.91 Å². The van der Waals surface area contributed by atoms with Crippen molar-refractivity contribution in [3.63, 3.8) is 0 Å². The standard InChI is InChI=1S/C17H18ClN3O3/c1-20(17(23)15-7-6-11(10-19)24-15)14-8-9-21(16(14)22)13-5-3-2-4-12(13)18/h2-7,14H,8-10,19H2,1H3. The predicted molar refractivity (Wildman–Crippen MR) is 90.9 cm³/mol. The number of amides is 2. The molecule has 0 spiro atoms. The number of para-hydroxylation sites is 1. The van der Waals surface area contributed by atoms with Crippen LogP contribution < -0.4 is 10.6 Å². The molecule has 1 fully saturated rings. The SMILES string of the molecule is CN(C(=O)c1ccc(CN)o1)C1CCN(c2ccccc2Cl)C1=O. The van der Waals surface area contributed by atoms with Gasteiger partial charge < -0.3 is 20.0 Å². The summed E-state index contributed by atoms with van der Waals surface area (Å²) in [4.78, 5) is 28.3. The Hall–Kier alpha value is -2.31. The van der Waals surface area contributed by atoms with E-state index in [1.54, 1.807) is 36.2 Å². The number of anilines is 1. The van der Waals surface area contributed by atoms with Crippen molar-refractivity contribution >= 4 is 29.1 Å². The molecule has 1 unspecified atom stereocenters. The molecule has 1 atom stereocenters. The number of nitrogens with zero attached hydrogens (tertiary/aromatic N) is 2. The Morgan fingerprint density at radius 3 is 2.79 bits per heavy atom. The largest absolute Gasteiger partial charge is 0.455 e. The maximum atomic E-state index is 12.7. The Kier molecular flexibility index (Phi) is 4.59. The van der Waals surface area contributed by atoms with Crippen molar-refractivity contribution in [1.82, 2.24) is 4.90 Å². The van der Waals surface area contributed by atoms with Gasteiger partial charge in [-0.2, -0.15) is 0 Å². The predicted octanol–water partition coefficient (Wildman–Crippen LogP) is 2.27. The fourth-order valence-electron chi connectivity index (χ4n) is 2.85. The number of furan rings is 1. The summed E-state index contributed by atoms with van der Waals surface area (Å²) in [7, 11) is 1.60. The van der Waals surface area contributed by atoms with E-state index in [4.69, 9.17) is 21.8 Å². The van der Waals surface area contributed by atoms with E-state index in [9.17, 15) is 9.59 Å². The number of hydrogen-bond acceptors (Lipinski definition) is 4. The molecule has 1 saturated heterocycles. The van der Waals surface area contributed by atoms with Crippen LogP contribution in [0.2, 0.25) is 5.02 Å². The van der Waals surface area contributed by atoms with E-state index >= 15 is 0 Å². The molecule has 2 heterocycles. The first-order chi connectivity index (χ1) is 11.5. The fourth-order valence-corrected chi connectivity index (χ4v) is 3.09. The Labute approximate surface area is 144 Å². The van der Waals surface area contributed by atoms with Crippen LogP contribution in [0, 0.1) is 0 Å². The number of carbonyl (C=O) groups is 2. The van der Waals surface area contributed by atoms with E-state index in [0.717, 1.165) is 0 Å². The highest BCUT2D eigenvalue weighted by molar-refractivity contribution is 6.34. The highest BCUT2D eigenvalue weighted by Crippen LogP contribution is 2.30. The van der Waals surface area contributed by atoms with E-state index in [1.165, 1.54) is 4.90 Å². The number of halogens is 1. The molecule has 1 aliphatic rings. The van der Waals surface area contributed by atoms with Crippen LogP contribution in [0.3, 0.4) is 0 Å². The van der Waals surface area contributed by atoms with Crippen molar-refractivity contribution in [2.24, 2.45) is 5.73 Å². The molecule has 126 valence electrons. The molecule has 0 aliphatic carbocycles. The van der Waals surface area contributed by atoms with Gasteiger partial charge in [-0.1, -0.05) is 23.7 Å². The molecular weight excluding hydrogens is 330 g/mol. The highest BCUT2D eigenvalue weighted by Gasteiger charge is 2.38. The maximum Gasteiger partial charge on any atom is 0.289 e. The van der Waals surface area contributed by atoms with Crippen LogP contribution in [0.25, 0.3) is 0 Å². The van der Waals surface area contributed by atoms with Crippen LogP contribution in [0.15, 0.2) is 40.8 Å². The van der Waals surface area contributed by atoms with Gasteiger partial charge in [-0.3, -0.25) is 9.59 Å². The Morgan fingerprint density at radius 2 is 2.12 bits per heavy atom. The molecule has 3 rings (SSSR count). The zero-order valence-electron chi connectivity index (χ0n) is 13.2. The van der Waals surface area contributed by atoms with Gasteiger partial charge in [-0.25, -0.2) is 0 Å². The quantitative estimate of drug-likeness (QED) is 0.920. The van der Waals surface area contributed by atoms with Crippen molar-refractivity contribution in [1.29, 1.82) is 0 Å². The third-order valence-corrected chi connectivity index (χ3v) is 4.50. The number of hydrogen-bond donors (Lipinski definition) is 1. The number of nitrogens with two attached hydrogens (primary N) is 1. The first kappa shape index (κ1) is 16.5. The van der Waals surface area contributed by atoms with Gasteiger partial charge in [0.05, 0.1) is 17.3 Å². The third kappa shape index (κ3) is 2.90. The van der Waals surface area contributed by atoms with Gasteiger partial charge in [0.2, 0.25) is 5.91 Å². The summed E-state index contributed by atoms with van der Waals surface area (Å²) in [5.41, 5.74) is 6.15. The summed E-state index contributed by atoms with van der Waals surface area (Å²) in [5.74, 6) is 0.225. The van der Waals surface area contributed by atoms with E-state index < -0.39 is 6.04 Å². The second-order valence-electron chi connectivity index (χ2n) is 5.63. The normalized spacial score (nSPS) is 17.4. The molecular formula is C17H18ClN3O3. The number of benzene rings is 1. The van der Waals surface area contributed by atoms with Gasteiger partial charge in [-0.05, 0) is 30.7 Å². The lowest BCUT2D eigenvalue weighted by molar-refractivity contribution is -0.120. The molecule has 24 heavy (non-hydrogen) atoms. The van der Waals surface area contributed by atoms with Gasteiger partial charge >= 0.3 is 0 Å². The van der Waals surface area contributed by atoms with Crippen LogP contribution >= 0.6 is 11.6 Å². The minimum absolute atomic E-state index is 0.149. The minimum atomic E-state index is -0.541. The molecule has 0 bridgehead atoms. The van der Waals surface area contributed by atoms with Crippen LogP contribution in [0.5, 0.6) is 0 Å². The molecule has 1 aliphatic heterocycles. The monoisotopic (exact) mass is 347 g/mol. The molecule has 1 aromatic carbocycles. The Bertz CT molecular complexity index is 774. The number of rotatable bonds is 4. The summed E-state index contributed by atoms with van der Waals surface area (Å²) in [5, 5.41) is 0.513. The average Bonchev–Trinajstić information content (AvgIpc) is 3.21. The topological polar surface area (TPSA) is 79.8 Å². The smallest absolute Gasteiger partial charge is 0.289 e. The summed E-state index contributed by atoms with van der Waals surface area (Å²) < 4.78 is 5.38. The zero-order chi connectivity index (χ0) is 17.3. The van der Waals surface area contributed by atoms with Crippen molar-refractivity contribution in [3.05, 3.63) is 52.9 Å². The zero-order valence-corrected chi connectivity index (χ0v) is 14.0. The molecule has 2 N–H and O–H groups in total. The maximum absolute atomic E-state index is 12.7. The van der Waals surface area contributed by atoms with Gasteiger partial charge in [0, 0.05) is 13.6 Å². The van der Waals surface area contributed by atoms with Crippen molar-refractivity contribution in [2.45, 2.75) is 19.0 Å². The van der Waals surface area contributed by atoms with E-state index in [-0.39, 0.29) is 24.1 Å². The van der Waals surface area contributed by atoms with E-state index in [2.05, 4.69) is 0 Å². The van der Waals surface area contributed by atoms with Gasteiger partial charge in [0.1, 0.15) is 11.8 Å². The van der Waals surface area contributed by atoms with Crippen molar-refractivity contribution < 1.29 is 14.0 Å². The molecule has 0 saturated carbocycles. The van der Waals surface area contributed by atoms with Crippen molar-refractivity contribution in [2.75, 3.05) is 18.5 Å². The fraction of sp³-hybridized carbons (Fsp3) is 0.294. The molecule has 0 radical (unpaired) electrons. The van der Waals surface area contributed by atoms with Gasteiger partial charge in [-0.15, -0.1) is 0 Å². The Balaban J connectivity index is 1.77. The minimum Gasteiger partial charge on any atom is -0.455 e. The molecule has 1 aromatic heterocycles. The summed E-state index contributed by atoms with van der Waals surface area (Å²) >= 11 is 6.17. The molecule has 7 heteroatoms. The second-order valence-corrected chi connectivity index (χ2v) is 6.04. The lowest BCUT2D eigenvalue weighted by Crippen LogP contribution is -2.42. The van der Waals surface area contributed by atoms with Crippen LogP contribution in [0.1, 0.15) is 22.7 Å². The second kappa shape index (κ2) is 6.67. The summed E-state index contributed by atoms with van der Waals surface area (Å²) in [6.07, 6.45) is 0.538.